The molecule has 6 nitrogen and oxygen atoms in total. The zero-order valence-corrected chi connectivity index (χ0v) is 18.7. The van der Waals surface area contributed by atoms with Gasteiger partial charge in [-0.15, -0.1) is 0 Å². The van der Waals surface area contributed by atoms with Crippen molar-refractivity contribution in [3.05, 3.63) is 59.2 Å². The lowest BCUT2D eigenvalue weighted by Crippen LogP contribution is -2.41. The number of hydrogen-bond acceptors (Lipinski definition) is 4. The number of nitrogens with one attached hydrogen (secondary N) is 1. The predicted molar refractivity (Wildman–Crippen MR) is 118 cm³/mol. The van der Waals surface area contributed by atoms with Crippen LogP contribution in [0.25, 0.3) is 0 Å². The highest BCUT2D eigenvalue weighted by atomic mass is 32.2. The van der Waals surface area contributed by atoms with Gasteiger partial charge in [0.15, 0.2) is 0 Å². The standard InChI is InChI=1S/C22H31N3O3S/c1-17-7-9-21(10-8-17)29(27,28)25(20-14-18(2)13-19(3)15-20)16-22(26)23-11-6-12-24(4)5/h7-10,13-15H,6,11-12,16H2,1-5H3,(H,23,26). The van der Waals surface area contributed by atoms with Crippen LogP contribution in [-0.2, 0) is 14.8 Å². The lowest BCUT2D eigenvalue weighted by atomic mass is 10.1. The highest BCUT2D eigenvalue weighted by Gasteiger charge is 2.27. The smallest absolute Gasteiger partial charge is 0.264 e. The maximum absolute atomic E-state index is 13.4. The molecule has 29 heavy (non-hydrogen) atoms. The molecule has 1 amide bonds. The number of hydrogen-bond donors (Lipinski definition) is 1. The van der Waals surface area contributed by atoms with E-state index < -0.39 is 10.0 Å². The van der Waals surface area contributed by atoms with Crippen LogP contribution in [-0.4, -0.2) is 53.0 Å². The summed E-state index contributed by atoms with van der Waals surface area (Å²) in [5.74, 6) is -0.321. The van der Waals surface area contributed by atoms with E-state index in [0.29, 0.717) is 12.2 Å². The van der Waals surface area contributed by atoms with Crippen molar-refractivity contribution in [1.29, 1.82) is 0 Å². The van der Waals surface area contributed by atoms with Crippen LogP contribution in [0.3, 0.4) is 0 Å². The highest BCUT2D eigenvalue weighted by Crippen LogP contribution is 2.26. The summed E-state index contributed by atoms with van der Waals surface area (Å²) in [4.78, 5) is 14.7. The van der Waals surface area contributed by atoms with Gasteiger partial charge in [-0.2, -0.15) is 0 Å². The third-order valence-corrected chi connectivity index (χ3v) is 6.28. The van der Waals surface area contributed by atoms with Gasteiger partial charge in [-0.1, -0.05) is 23.8 Å². The Morgan fingerprint density at radius 3 is 2.07 bits per heavy atom. The van der Waals surface area contributed by atoms with Gasteiger partial charge >= 0.3 is 0 Å². The first-order valence-electron chi connectivity index (χ1n) is 9.69. The molecule has 0 fully saturated rings. The van der Waals surface area contributed by atoms with E-state index in [9.17, 15) is 13.2 Å². The summed E-state index contributed by atoms with van der Waals surface area (Å²) in [5, 5.41) is 2.83. The molecule has 0 unspecified atom stereocenters. The SMILES string of the molecule is Cc1ccc(S(=O)(=O)N(CC(=O)NCCCN(C)C)c2cc(C)cc(C)c2)cc1. The monoisotopic (exact) mass is 417 g/mol. The minimum absolute atomic E-state index is 0.169. The Hall–Kier alpha value is -2.38. The van der Waals surface area contributed by atoms with E-state index in [2.05, 4.69) is 5.32 Å². The number of benzene rings is 2. The summed E-state index contributed by atoms with van der Waals surface area (Å²) in [6.45, 7) is 6.81. The zero-order valence-electron chi connectivity index (χ0n) is 17.9. The van der Waals surface area contributed by atoms with Crippen LogP contribution in [0.5, 0.6) is 0 Å². The Morgan fingerprint density at radius 2 is 1.52 bits per heavy atom. The first kappa shape index (κ1) is 22.9. The summed E-state index contributed by atoms with van der Waals surface area (Å²) >= 11 is 0. The summed E-state index contributed by atoms with van der Waals surface area (Å²) < 4.78 is 27.9. The molecule has 2 rings (SSSR count). The topological polar surface area (TPSA) is 69.7 Å². The summed E-state index contributed by atoms with van der Waals surface area (Å²) in [7, 11) is 0.0608. The number of aryl methyl sites for hydroxylation is 3. The number of nitrogens with zero attached hydrogens (tertiary/aromatic N) is 2. The molecule has 0 aliphatic carbocycles. The second-order valence-electron chi connectivity index (χ2n) is 7.68. The van der Waals surface area contributed by atoms with Gasteiger partial charge in [0.1, 0.15) is 6.54 Å². The van der Waals surface area contributed by atoms with E-state index in [0.717, 1.165) is 29.7 Å². The second-order valence-corrected chi connectivity index (χ2v) is 9.54. The minimum Gasteiger partial charge on any atom is -0.354 e. The van der Waals surface area contributed by atoms with Crippen LogP contribution < -0.4 is 9.62 Å². The maximum Gasteiger partial charge on any atom is 0.264 e. The van der Waals surface area contributed by atoms with Crippen LogP contribution in [0.4, 0.5) is 5.69 Å². The number of amides is 1. The van der Waals surface area contributed by atoms with Crippen molar-refractivity contribution in [3.8, 4) is 0 Å². The predicted octanol–water partition coefficient (Wildman–Crippen LogP) is 2.88. The van der Waals surface area contributed by atoms with E-state index in [1.807, 2.05) is 45.8 Å². The highest BCUT2D eigenvalue weighted by molar-refractivity contribution is 7.92. The molecule has 0 spiro atoms. The molecule has 158 valence electrons. The van der Waals surface area contributed by atoms with E-state index in [-0.39, 0.29) is 17.3 Å². The van der Waals surface area contributed by atoms with Crippen molar-refractivity contribution in [1.82, 2.24) is 10.2 Å². The molecule has 0 radical (unpaired) electrons. The average Bonchev–Trinajstić information content (AvgIpc) is 2.62. The zero-order chi connectivity index (χ0) is 21.6. The van der Waals surface area contributed by atoms with Crippen molar-refractivity contribution in [2.45, 2.75) is 32.1 Å². The van der Waals surface area contributed by atoms with Crippen molar-refractivity contribution < 1.29 is 13.2 Å². The third kappa shape index (κ3) is 6.58. The molecule has 2 aromatic carbocycles. The maximum atomic E-state index is 13.4. The number of carbonyl (C=O) groups excluding carboxylic acids is 1. The second kappa shape index (κ2) is 9.89. The minimum atomic E-state index is -3.88. The van der Waals surface area contributed by atoms with Crippen LogP contribution in [0.15, 0.2) is 47.4 Å². The molecule has 0 bridgehead atoms. The van der Waals surface area contributed by atoms with E-state index in [1.54, 1.807) is 36.4 Å². The molecule has 0 aliphatic heterocycles. The number of sulfonamides is 1. The Balaban J connectivity index is 2.31. The molecule has 0 saturated heterocycles. The molecular weight excluding hydrogens is 386 g/mol. The van der Waals surface area contributed by atoms with E-state index in [4.69, 9.17) is 0 Å². The fourth-order valence-corrected chi connectivity index (χ4v) is 4.46. The van der Waals surface area contributed by atoms with Crippen molar-refractivity contribution in [2.75, 3.05) is 38.0 Å². The van der Waals surface area contributed by atoms with Crippen LogP contribution >= 0.6 is 0 Å². The Kier molecular flexibility index (Phi) is 7.81. The number of anilines is 1. The summed E-state index contributed by atoms with van der Waals surface area (Å²) in [6, 6.07) is 12.2. The summed E-state index contributed by atoms with van der Waals surface area (Å²) in [6.07, 6.45) is 0.799. The first-order valence-corrected chi connectivity index (χ1v) is 11.1. The van der Waals surface area contributed by atoms with Crippen molar-refractivity contribution >= 4 is 21.6 Å². The van der Waals surface area contributed by atoms with Gasteiger partial charge < -0.3 is 10.2 Å². The Labute approximate surface area is 174 Å². The van der Waals surface area contributed by atoms with Gasteiger partial charge in [-0.25, -0.2) is 8.42 Å². The normalized spacial score (nSPS) is 11.5. The number of carbonyl (C=O) groups is 1. The molecule has 2 aromatic rings. The van der Waals surface area contributed by atoms with Crippen LogP contribution in [0.2, 0.25) is 0 Å². The van der Waals surface area contributed by atoms with Gasteiger partial charge in [-0.05, 0) is 83.2 Å². The van der Waals surface area contributed by atoms with Gasteiger partial charge in [0, 0.05) is 6.54 Å². The van der Waals surface area contributed by atoms with Crippen molar-refractivity contribution in [2.24, 2.45) is 0 Å². The fourth-order valence-electron chi connectivity index (χ4n) is 3.06. The van der Waals surface area contributed by atoms with Gasteiger partial charge in [0.25, 0.3) is 10.0 Å². The number of rotatable bonds is 9. The molecule has 0 atom stereocenters. The quantitative estimate of drug-likeness (QED) is 0.637. The molecule has 0 aliphatic rings. The van der Waals surface area contributed by atoms with Gasteiger partial charge in [-0.3, -0.25) is 9.10 Å². The van der Waals surface area contributed by atoms with Gasteiger partial charge in [0.05, 0.1) is 10.6 Å². The summed E-state index contributed by atoms with van der Waals surface area (Å²) in [5.41, 5.74) is 3.35. The Morgan fingerprint density at radius 1 is 0.931 bits per heavy atom. The fraction of sp³-hybridized carbons (Fsp3) is 0.409. The van der Waals surface area contributed by atoms with E-state index in [1.165, 1.54) is 4.31 Å². The lowest BCUT2D eigenvalue weighted by molar-refractivity contribution is -0.119. The van der Waals surface area contributed by atoms with Crippen LogP contribution in [0.1, 0.15) is 23.1 Å². The molecule has 0 aromatic heterocycles. The molecule has 0 heterocycles. The van der Waals surface area contributed by atoms with Crippen LogP contribution in [0, 0.1) is 20.8 Å². The average molecular weight is 418 g/mol. The largest absolute Gasteiger partial charge is 0.354 e. The lowest BCUT2D eigenvalue weighted by Gasteiger charge is -2.25. The molecule has 1 N–H and O–H groups in total. The molecule has 0 saturated carbocycles. The third-order valence-electron chi connectivity index (χ3n) is 4.49. The Bertz CT molecular complexity index is 918. The molecule has 7 heteroatoms. The molecular formula is C22H31N3O3S. The first-order chi connectivity index (χ1) is 13.6. The van der Waals surface area contributed by atoms with Gasteiger partial charge in [0.2, 0.25) is 5.91 Å². The van der Waals surface area contributed by atoms with Crippen molar-refractivity contribution in [3.63, 3.8) is 0 Å². The van der Waals surface area contributed by atoms with E-state index >= 15 is 0 Å².